The Kier molecular flexibility index (Phi) is 11.8. The summed E-state index contributed by atoms with van der Waals surface area (Å²) < 4.78 is 27.6. The fraction of sp³-hybridized carbons (Fsp3) is 0.395. The Morgan fingerprint density at radius 2 is 1.49 bits per heavy atom. The number of anilines is 2. The molecule has 0 saturated carbocycles. The number of carbonyl (C=O) groups is 1. The number of methoxy groups -OCH3 is 1. The predicted octanol–water partition coefficient (Wildman–Crippen LogP) is 4.75. The van der Waals surface area contributed by atoms with Gasteiger partial charge in [0.05, 0.1) is 64.5 Å². The molecule has 0 aromatic carbocycles. The van der Waals surface area contributed by atoms with Gasteiger partial charge in [0.1, 0.15) is 51.2 Å². The maximum atomic E-state index is 10.7. The highest BCUT2D eigenvalue weighted by Crippen LogP contribution is 2.36. The van der Waals surface area contributed by atoms with Gasteiger partial charge in [-0.2, -0.15) is 10.2 Å². The van der Waals surface area contributed by atoms with E-state index in [1.54, 1.807) is 31.9 Å². The Hall–Kier alpha value is -6.07. The molecule has 4 N–H and O–H groups in total. The Balaban J connectivity index is 0.000000174. The van der Waals surface area contributed by atoms with Crippen molar-refractivity contribution in [3.63, 3.8) is 0 Å². The largest absolute Gasteiger partial charge is 0.496 e. The smallest absolute Gasteiger partial charge is 0.404 e. The second-order valence-electron chi connectivity index (χ2n) is 13.2. The first-order valence-corrected chi connectivity index (χ1v) is 18.3. The molecule has 6 aromatic heterocycles. The van der Waals surface area contributed by atoms with Crippen LogP contribution in [0.4, 0.5) is 16.4 Å². The number of rotatable bonds is 11. The van der Waals surface area contributed by atoms with Crippen molar-refractivity contribution in [2.75, 3.05) is 69.6 Å². The average molecular weight is 752 g/mol. The third-order valence-electron chi connectivity index (χ3n) is 9.44. The molecule has 1 amide bonds. The Morgan fingerprint density at radius 1 is 0.855 bits per heavy atom. The van der Waals surface area contributed by atoms with E-state index in [-0.39, 0.29) is 18.7 Å². The highest BCUT2D eigenvalue weighted by Gasteiger charge is 2.25. The maximum Gasteiger partial charge on any atom is 0.404 e. The van der Waals surface area contributed by atoms with Crippen molar-refractivity contribution in [2.24, 2.45) is 5.73 Å². The average Bonchev–Trinajstić information content (AvgIpc) is 3.95. The molecule has 17 heteroatoms. The first kappa shape index (κ1) is 37.3. The van der Waals surface area contributed by atoms with Crippen LogP contribution in [0.2, 0.25) is 0 Å². The Labute approximate surface area is 317 Å². The zero-order valence-electron chi connectivity index (χ0n) is 31.1. The number of primary amides is 1. The van der Waals surface area contributed by atoms with Gasteiger partial charge < -0.3 is 39.2 Å². The third-order valence-corrected chi connectivity index (χ3v) is 9.44. The van der Waals surface area contributed by atoms with Gasteiger partial charge >= 0.3 is 6.09 Å². The molecule has 8 rings (SSSR count). The number of nitrogens with one attached hydrogen (secondary N) is 2. The van der Waals surface area contributed by atoms with Crippen LogP contribution in [0.3, 0.4) is 0 Å². The number of nitrogens with zero attached hydrogens (tertiary/aromatic N) is 8. The highest BCUT2D eigenvalue weighted by molar-refractivity contribution is 5.96. The number of hydrogen-bond acceptors (Lipinski definition) is 14. The molecule has 288 valence electrons. The lowest BCUT2D eigenvalue weighted by Gasteiger charge is -2.34. The predicted molar refractivity (Wildman–Crippen MR) is 206 cm³/mol. The fourth-order valence-corrected chi connectivity index (χ4v) is 6.66. The number of carbonyl (C=O) groups excluding carboxylic acids is 1. The van der Waals surface area contributed by atoms with Crippen molar-refractivity contribution in [2.45, 2.75) is 38.8 Å². The molecule has 2 fully saturated rings. The zero-order valence-corrected chi connectivity index (χ0v) is 31.1. The molecular weight excluding hydrogens is 706 g/mol. The van der Waals surface area contributed by atoms with Crippen LogP contribution in [-0.4, -0.2) is 118 Å². The minimum absolute atomic E-state index is 0.199. The van der Waals surface area contributed by atoms with Gasteiger partial charge in [-0.3, -0.25) is 20.2 Å². The van der Waals surface area contributed by atoms with E-state index in [0.717, 1.165) is 87.2 Å². The lowest BCUT2D eigenvalue weighted by atomic mass is 10.1. The van der Waals surface area contributed by atoms with E-state index < -0.39 is 6.09 Å². The van der Waals surface area contributed by atoms with Gasteiger partial charge in [0.15, 0.2) is 0 Å². The number of pyridine rings is 4. The fourth-order valence-electron chi connectivity index (χ4n) is 6.66. The molecular formula is C38H45N11O6. The van der Waals surface area contributed by atoms with E-state index in [1.807, 2.05) is 36.4 Å². The van der Waals surface area contributed by atoms with Crippen molar-refractivity contribution in [3.05, 3.63) is 61.2 Å². The molecule has 17 nitrogen and oxygen atoms in total. The molecule has 55 heavy (non-hydrogen) atoms. The second-order valence-corrected chi connectivity index (χ2v) is 13.2. The van der Waals surface area contributed by atoms with Crippen LogP contribution >= 0.6 is 0 Å². The van der Waals surface area contributed by atoms with E-state index in [9.17, 15) is 4.79 Å². The number of fused-ring (bicyclic) bond motifs is 2. The lowest BCUT2D eigenvalue weighted by molar-refractivity contribution is 0.0985. The second kappa shape index (κ2) is 17.4. The van der Waals surface area contributed by atoms with Gasteiger partial charge in [-0.15, -0.1) is 0 Å². The van der Waals surface area contributed by atoms with Crippen LogP contribution in [0.15, 0.2) is 61.2 Å². The molecule has 0 aliphatic carbocycles. The summed E-state index contributed by atoms with van der Waals surface area (Å²) in [4.78, 5) is 34.0. The number of amides is 1. The summed E-state index contributed by atoms with van der Waals surface area (Å²) in [6.45, 7) is 9.26. The van der Waals surface area contributed by atoms with Crippen molar-refractivity contribution in [1.82, 2.24) is 40.3 Å². The van der Waals surface area contributed by atoms with Crippen LogP contribution in [0.1, 0.15) is 26.7 Å². The molecule has 1 unspecified atom stereocenters. The van der Waals surface area contributed by atoms with Gasteiger partial charge in [0, 0.05) is 60.8 Å². The number of nitrogens with two attached hydrogens (primary N) is 1. The van der Waals surface area contributed by atoms with Gasteiger partial charge in [-0.25, -0.2) is 14.8 Å². The van der Waals surface area contributed by atoms with E-state index in [1.165, 1.54) is 0 Å². The number of ether oxygens (including phenoxy) is 5. The summed E-state index contributed by atoms with van der Waals surface area (Å²) in [6, 6.07) is 12.0. The van der Waals surface area contributed by atoms with Gasteiger partial charge in [-0.1, -0.05) is 0 Å². The molecule has 8 heterocycles. The van der Waals surface area contributed by atoms with Crippen LogP contribution < -0.4 is 25.0 Å². The number of hydrogen-bond donors (Lipinski definition) is 3. The summed E-state index contributed by atoms with van der Waals surface area (Å²) in [7, 11) is 1.68. The van der Waals surface area contributed by atoms with Crippen LogP contribution in [0, 0.1) is 0 Å². The number of morpholine rings is 2. The number of unbranched alkanes of at least 4 members (excludes halogenated alkanes) is 1. The van der Waals surface area contributed by atoms with E-state index in [2.05, 4.69) is 54.0 Å². The summed E-state index contributed by atoms with van der Waals surface area (Å²) in [5.74, 6) is 3.22. The SMILES string of the molecule is COc1cc(N2CCOCC2C)nc2c(-c3cc[nH]n3)nccc12.C[C@@H]1COCCN1c1cc(OCCCCOC(N)=O)c2ccnc(-c3ccn[nH]3)c2n1. The van der Waals surface area contributed by atoms with E-state index in [4.69, 9.17) is 39.4 Å². The van der Waals surface area contributed by atoms with Crippen LogP contribution in [0.25, 0.3) is 44.6 Å². The molecule has 2 atom stereocenters. The molecule has 6 aromatic rings. The quantitative estimate of drug-likeness (QED) is 0.153. The molecule has 2 aliphatic rings. The van der Waals surface area contributed by atoms with E-state index >= 15 is 0 Å². The Bertz CT molecular complexity index is 2180. The van der Waals surface area contributed by atoms with Crippen molar-refractivity contribution >= 4 is 39.5 Å². The monoisotopic (exact) mass is 751 g/mol. The highest BCUT2D eigenvalue weighted by atomic mass is 16.5. The zero-order chi connectivity index (χ0) is 38.1. The van der Waals surface area contributed by atoms with Crippen molar-refractivity contribution < 1.29 is 28.5 Å². The number of aromatic amines is 2. The molecule has 2 aliphatic heterocycles. The van der Waals surface area contributed by atoms with Crippen LogP contribution in [0.5, 0.6) is 11.5 Å². The normalized spacial score (nSPS) is 17.1. The van der Waals surface area contributed by atoms with Crippen molar-refractivity contribution in [1.29, 1.82) is 0 Å². The summed E-state index contributed by atoms with van der Waals surface area (Å²) >= 11 is 0. The minimum Gasteiger partial charge on any atom is -0.496 e. The summed E-state index contributed by atoms with van der Waals surface area (Å²) in [6.07, 6.45) is 7.59. The third kappa shape index (κ3) is 8.52. The lowest BCUT2D eigenvalue weighted by Crippen LogP contribution is -2.44. The first-order chi connectivity index (χ1) is 26.9. The standard InChI is InChI=1S/C21H26N6O4.C17H19N5O2/c1-14-13-29-11-8-27(14)18-12-17(30-9-2-3-10-31-21(22)28)15-4-6-23-20(19(15)25-18)16-5-7-24-26-16;1-11-10-24-8-7-22(11)15-9-14(23-2)12-3-5-18-17(16(12)20-15)13-4-6-19-21-13/h4-7,12,14H,2-3,8-11,13H2,1H3,(H2,22,28)(H,24,26);3-6,9,11H,7-8,10H2,1-2H3,(H,19,21)/t14-;/m1./s1. The summed E-state index contributed by atoms with van der Waals surface area (Å²) in [5.41, 5.74) is 9.55. The molecule has 0 spiro atoms. The molecule has 0 radical (unpaired) electrons. The van der Waals surface area contributed by atoms with Crippen molar-refractivity contribution in [3.8, 4) is 34.3 Å². The first-order valence-electron chi connectivity index (χ1n) is 18.3. The van der Waals surface area contributed by atoms with Crippen LogP contribution in [-0.2, 0) is 14.2 Å². The Morgan fingerprint density at radius 3 is 2.09 bits per heavy atom. The molecule has 0 bridgehead atoms. The maximum absolute atomic E-state index is 10.7. The summed E-state index contributed by atoms with van der Waals surface area (Å²) in [5, 5.41) is 15.9. The van der Waals surface area contributed by atoms with Gasteiger partial charge in [0.25, 0.3) is 0 Å². The minimum atomic E-state index is -0.760. The number of aromatic nitrogens is 8. The topological polar surface area (TPSA) is 205 Å². The van der Waals surface area contributed by atoms with Gasteiger partial charge in [0.2, 0.25) is 0 Å². The van der Waals surface area contributed by atoms with E-state index in [0.29, 0.717) is 39.5 Å². The molecule has 2 saturated heterocycles. The number of H-pyrrole nitrogens is 2. The van der Waals surface area contributed by atoms with Gasteiger partial charge in [-0.05, 0) is 51.0 Å².